The zero-order valence-corrected chi connectivity index (χ0v) is 15.8. The second kappa shape index (κ2) is 9.36. The predicted molar refractivity (Wildman–Crippen MR) is 99.0 cm³/mol. The summed E-state index contributed by atoms with van der Waals surface area (Å²) in [6, 6.07) is 0.205. The number of nitrogens with one attached hydrogen (secondary N) is 3. The van der Waals surface area contributed by atoms with E-state index in [1.807, 2.05) is 18.7 Å². The van der Waals surface area contributed by atoms with Crippen molar-refractivity contribution in [2.75, 3.05) is 33.2 Å². The number of thiazole rings is 1. The van der Waals surface area contributed by atoms with E-state index < -0.39 is 0 Å². The lowest BCUT2D eigenvalue weighted by Gasteiger charge is -2.18. The van der Waals surface area contributed by atoms with Gasteiger partial charge in [-0.3, -0.25) is 14.6 Å². The molecule has 0 aliphatic carbocycles. The third-order valence-electron chi connectivity index (χ3n) is 4.06. The van der Waals surface area contributed by atoms with Gasteiger partial charge in [0.1, 0.15) is 4.88 Å². The van der Waals surface area contributed by atoms with Gasteiger partial charge in [-0.1, -0.05) is 6.92 Å². The number of carbonyl (C=O) groups excluding carboxylic acids is 2. The Morgan fingerprint density at radius 1 is 1.40 bits per heavy atom. The molecule has 0 spiro atoms. The molecule has 2 rings (SSSR count). The molecular formula is C16H26N6O2S. The molecule has 0 aromatic carbocycles. The van der Waals surface area contributed by atoms with Gasteiger partial charge in [-0.2, -0.15) is 0 Å². The monoisotopic (exact) mass is 366 g/mol. The molecule has 0 saturated carbocycles. The van der Waals surface area contributed by atoms with Crippen LogP contribution in [-0.4, -0.2) is 66.9 Å². The van der Waals surface area contributed by atoms with Gasteiger partial charge in [-0.15, -0.1) is 11.3 Å². The molecule has 2 amide bonds. The molecule has 3 N–H and O–H groups in total. The maximum atomic E-state index is 12.0. The van der Waals surface area contributed by atoms with Crippen LogP contribution in [0.1, 0.15) is 35.1 Å². The maximum absolute atomic E-state index is 12.0. The minimum absolute atomic E-state index is 0.103. The van der Waals surface area contributed by atoms with E-state index in [4.69, 9.17) is 0 Å². The van der Waals surface area contributed by atoms with Crippen molar-refractivity contribution in [1.82, 2.24) is 25.8 Å². The van der Waals surface area contributed by atoms with Crippen LogP contribution in [0.25, 0.3) is 0 Å². The molecule has 1 fully saturated rings. The summed E-state index contributed by atoms with van der Waals surface area (Å²) in [6.07, 6.45) is 1.45. The number of nitrogens with zero attached hydrogens (tertiary/aromatic N) is 3. The lowest BCUT2D eigenvalue weighted by atomic mass is 10.3. The average Bonchev–Trinajstić information content (AvgIpc) is 3.25. The van der Waals surface area contributed by atoms with Crippen molar-refractivity contribution in [2.24, 2.45) is 4.99 Å². The summed E-state index contributed by atoms with van der Waals surface area (Å²) in [7, 11) is 1.71. The zero-order valence-electron chi connectivity index (χ0n) is 15.0. The zero-order chi connectivity index (χ0) is 18.2. The number of amides is 2. The average molecular weight is 366 g/mol. The van der Waals surface area contributed by atoms with Gasteiger partial charge < -0.3 is 20.9 Å². The van der Waals surface area contributed by atoms with Crippen LogP contribution < -0.4 is 16.0 Å². The fraction of sp³-hybridized carbons (Fsp3) is 0.625. The van der Waals surface area contributed by atoms with Gasteiger partial charge in [-0.25, -0.2) is 4.98 Å². The number of hydrogen-bond donors (Lipinski definition) is 3. The molecule has 1 aromatic rings. The highest BCUT2D eigenvalue weighted by atomic mass is 32.1. The summed E-state index contributed by atoms with van der Waals surface area (Å²) >= 11 is 1.34. The molecule has 8 nitrogen and oxygen atoms in total. The van der Waals surface area contributed by atoms with Crippen molar-refractivity contribution in [3.63, 3.8) is 0 Å². The Labute approximate surface area is 152 Å². The molecule has 138 valence electrons. The number of aromatic nitrogens is 1. The maximum Gasteiger partial charge on any atom is 0.263 e. The van der Waals surface area contributed by atoms with Crippen molar-refractivity contribution in [3.05, 3.63) is 16.1 Å². The number of aliphatic imine (C=N–C) groups is 1. The van der Waals surface area contributed by atoms with Gasteiger partial charge in [0, 0.05) is 45.7 Å². The molecule has 1 saturated heterocycles. The van der Waals surface area contributed by atoms with Crippen molar-refractivity contribution in [1.29, 1.82) is 0 Å². The number of aryl methyl sites for hydroxylation is 1. The number of hydrogen-bond acceptors (Lipinski definition) is 5. The topological polar surface area (TPSA) is 98.7 Å². The summed E-state index contributed by atoms with van der Waals surface area (Å²) in [5, 5.41) is 9.36. The fourth-order valence-electron chi connectivity index (χ4n) is 2.67. The summed E-state index contributed by atoms with van der Waals surface area (Å²) in [6.45, 7) is 6.24. The SMILES string of the molecule is CCC(=O)N1CCC(NC(=NC)NCCNC(=O)c2scnc2C)C1. The summed E-state index contributed by atoms with van der Waals surface area (Å²) in [5.74, 6) is 0.765. The highest BCUT2D eigenvalue weighted by molar-refractivity contribution is 7.11. The van der Waals surface area contributed by atoms with Gasteiger partial charge >= 0.3 is 0 Å². The van der Waals surface area contributed by atoms with Gasteiger partial charge in [0.2, 0.25) is 5.91 Å². The number of guanidine groups is 1. The molecule has 1 aromatic heterocycles. The molecule has 1 aliphatic heterocycles. The third kappa shape index (κ3) is 5.42. The Balaban J connectivity index is 1.68. The Kier molecular flexibility index (Phi) is 7.17. The first-order valence-corrected chi connectivity index (χ1v) is 9.36. The number of rotatable bonds is 6. The molecule has 0 bridgehead atoms. The second-order valence-corrected chi connectivity index (χ2v) is 6.70. The number of likely N-dealkylation sites (tertiary alicyclic amines) is 1. The first-order valence-electron chi connectivity index (χ1n) is 8.48. The van der Waals surface area contributed by atoms with Crippen molar-refractivity contribution >= 4 is 29.1 Å². The largest absolute Gasteiger partial charge is 0.355 e. The summed E-state index contributed by atoms with van der Waals surface area (Å²) in [4.78, 5) is 34.5. The van der Waals surface area contributed by atoms with Crippen LogP contribution in [0.5, 0.6) is 0 Å². The van der Waals surface area contributed by atoms with E-state index in [0.29, 0.717) is 36.9 Å². The quantitative estimate of drug-likeness (QED) is 0.384. The van der Waals surface area contributed by atoms with E-state index in [9.17, 15) is 9.59 Å². The van der Waals surface area contributed by atoms with Crippen LogP contribution in [0.3, 0.4) is 0 Å². The Hall–Kier alpha value is -2.16. The van der Waals surface area contributed by atoms with Gasteiger partial charge in [0.15, 0.2) is 5.96 Å². The molecule has 25 heavy (non-hydrogen) atoms. The lowest BCUT2D eigenvalue weighted by Crippen LogP contribution is -2.46. The summed E-state index contributed by atoms with van der Waals surface area (Å²) in [5.41, 5.74) is 2.42. The number of carbonyl (C=O) groups is 2. The molecule has 9 heteroatoms. The minimum Gasteiger partial charge on any atom is -0.355 e. The van der Waals surface area contributed by atoms with Crippen molar-refractivity contribution in [2.45, 2.75) is 32.7 Å². The first-order chi connectivity index (χ1) is 12.0. The third-order valence-corrected chi connectivity index (χ3v) is 4.99. The van der Waals surface area contributed by atoms with Gasteiger partial charge in [-0.05, 0) is 13.3 Å². The second-order valence-electron chi connectivity index (χ2n) is 5.85. The van der Waals surface area contributed by atoms with Crippen LogP contribution in [0.4, 0.5) is 0 Å². The Bertz CT molecular complexity index is 630. The van der Waals surface area contributed by atoms with Crippen LogP contribution in [-0.2, 0) is 4.79 Å². The summed E-state index contributed by atoms with van der Waals surface area (Å²) < 4.78 is 0. The predicted octanol–water partition coefficient (Wildman–Crippen LogP) is 0.357. The van der Waals surface area contributed by atoms with E-state index in [0.717, 1.165) is 18.7 Å². The normalized spacial score (nSPS) is 17.5. The molecule has 1 aliphatic rings. The van der Waals surface area contributed by atoms with E-state index in [1.54, 1.807) is 12.6 Å². The van der Waals surface area contributed by atoms with E-state index in [-0.39, 0.29) is 17.9 Å². The van der Waals surface area contributed by atoms with Gasteiger partial charge in [0.25, 0.3) is 5.91 Å². The van der Waals surface area contributed by atoms with E-state index in [2.05, 4.69) is 25.9 Å². The smallest absolute Gasteiger partial charge is 0.263 e. The molecule has 1 unspecified atom stereocenters. The van der Waals surface area contributed by atoms with Crippen LogP contribution in [0.2, 0.25) is 0 Å². The highest BCUT2D eigenvalue weighted by Crippen LogP contribution is 2.11. The van der Waals surface area contributed by atoms with E-state index in [1.165, 1.54) is 11.3 Å². The minimum atomic E-state index is -0.103. The fourth-order valence-corrected chi connectivity index (χ4v) is 3.39. The highest BCUT2D eigenvalue weighted by Gasteiger charge is 2.25. The first kappa shape index (κ1) is 19.2. The van der Waals surface area contributed by atoms with Crippen LogP contribution >= 0.6 is 11.3 Å². The van der Waals surface area contributed by atoms with Gasteiger partial charge in [0.05, 0.1) is 11.2 Å². The van der Waals surface area contributed by atoms with E-state index >= 15 is 0 Å². The molecule has 1 atom stereocenters. The van der Waals surface area contributed by atoms with Crippen molar-refractivity contribution < 1.29 is 9.59 Å². The molecule has 0 radical (unpaired) electrons. The van der Waals surface area contributed by atoms with Crippen LogP contribution in [0, 0.1) is 6.92 Å². The Morgan fingerprint density at radius 2 is 2.16 bits per heavy atom. The molecule has 2 heterocycles. The molecular weight excluding hydrogens is 340 g/mol. The Morgan fingerprint density at radius 3 is 2.80 bits per heavy atom. The van der Waals surface area contributed by atoms with Crippen LogP contribution in [0.15, 0.2) is 10.5 Å². The standard InChI is InChI=1S/C16H26N6O2S/c1-4-13(23)22-8-5-12(9-22)21-16(17-3)19-7-6-18-15(24)14-11(2)20-10-25-14/h10,12H,4-9H2,1-3H3,(H,18,24)(H2,17,19,21). The lowest BCUT2D eigenvalue weighted by molar-refractivity contribution is -0.129. The van der Waals surface area contributed by atoms with Crippen molar-refractivity contribution in [3.8, 4) is 0 Å².